The van der Waals surface area contributed by atoms with E-state index in [1.165, 1.54) is 12.4 Å². The molecule has 4 N–H and O–H groups in total. The molecular weight excluding hydrogens is 405 g/mol. The van der Waals surface area contributed by atoms with Crippen LogP contribution in [0.15, 0.2) is 12.4 Å². The van der Waals surface area contributed by atoms with Gasteiger partial charge in [-0.1, -0.05) is 0 Å². The number of hydrogen-bond acceptors (Lipinski definition) is 7. The predicted octanol–water partition coefficient (Wildman–Crippen LogP) is 2.77. The van der Waals surface area contributed by atoms with E-state index in [1.54, 1.807) is 20.8 Å². The number of H-pyrrole nitrogens is 1. The first-order valence-electron chi connectivity index (χ1n) is 10.1. The molecule has 1 aliphatic rings. The molecule has 0 radical (unpaired) electrons. The lowest BCUT2D eigenvalue weighted by Gasteiger charge is -2.16. The number of nitrogens with zero attached hydrogens (tertiary/aromatic N) is 4. The molecule has 2 amide bonds. The Morgan fingerprint density at radius 1 is 1.35 bits per heavy atom. The monoisotopic (exact) mass is 429 g/mol. The number of amides is 2. The number of aromatic amines is 1. The van der Waals surface area contributed by atoms with Gasteiger partial charge in [-0.15, -0.1) is 0 Å². The fraction of sp³-hybridized carbons (Fsp3) is 0.450. The Morgan fingerprint density at radius 3 is 2.71 bits per heavy atom. The molecule has 3 aromatic rings. The van der Waals surface area contributed by atoms with Crippen LogP contribution in [0.2, 0.25) is 0 Å². The number of aromatic nitrogens is 5. The van der Waals surface area contributed by atoms with Crippen LogP contribution in [0.4, 0.5) is 15.1 Å². The van der Waals surface area contributed by atoms with E-state index in [4.69, 9.17) is 4.74 Å². The lowest BCUT2D eigenvalue weighted by molar-refractivity contribution is 0.0687. The van der Waals surface area contributed by atoms with Crippen molar-refractivity contribution in [3.05, 3.63) is 29.6 Å². The second-order valence-electron chi connectivity index (χ2n) is 7.81. The standard InChI is InChI=1S/C20H24FN7O3/c1-4-22-19(29)28-18-26-15-12(11-6-5-7-31-11)13(21)14(25-16(15)27-18)10-8-23-17(24-9-10)20(2,3)30/h8-9,11,30H,4-7H2,1-3H3,(H3,22,25,26,27,28,29)/t11-/m1/s1. The molecule has 0 spiro atoms. The number of ether oxygens (including phenoxy) is 1. The maximum absolute atomic E-state index is 15.7. The number of carbonyl (C=O) groups is 1. The summed E-state index contributed by atoms with van der Waals surface area (Å²) >= 11 is 0. The van der Waals surface area contributed by atoms with Crippen LogP contribution in [0, 0.1) is 5.82 Å². The molecule has 1 fully saturated rings. The number of anilines is 1. The minimum absolute atomic E-state index is 0.0244. The average molecular weight is 429 g/mol. The van der Waals surface area contributed by atoms with E-state index in [1.807, 2.05) is 0 Å². The third-order valence-corrected chi connectivity index (χ3v) is 4.91. The zero-order valence-corrected chi connectivity index (χ0v) is 17.5. The minimum Gasteiger partial charge on any atom is -0.382 e. The SMILES string of the molecule is CCNC(=O)Nc1nc2nc(-c3cnc(C(C)(C)O)nc3)c(F)c([C@H]3CCCO3)c2[nH]1. The molecule has 0 bridgehead atoms. The number of urea groups is 1. The van der Waals surface area contributed by atoms with Crippen molar-refractivity contribution in [1.29, 1.82) is 0 Å². The van der Waals surface area contributed by atoms with Crippen LogP contribution in [0.1, 0.15) is 51.1 Å². The van der Waals surface area contributed by atoms with Gasteiger partial charge in [-0.2, -0.15) is 4.98 Å². The highest BCUT2D eigenvalue weighted by atomic mass is 19.1. The van der Waals surface area contributed by atoms with Gasteiger partial charge in [0.05, 0.1) is 11.6 Å². The van der Waals surface area contributed by atoms with E-state index in [-0.39, 0.29) is 23.1 Å². The molecular formula is C20H24FN7O3. The number of carbonyl (C=O) groups excluding carboxylic acids is 1. The lowest BCUT2D eigenvalue weighted by Crippen LogP contribution is -2.28. The number of nitrogens with one attached hydrogen (secondary N) is 3. The second-order valence-corrected chi connectivity index (χ2v) is 7.81. The molecule has 31 heavy (non-hydrogen) atoms. The number of imidazole rings is 1. The van der Waals surface area contributed by atoms with Crippen molar-refractivity contribution in [2.24, 2.45) is 0 Å². The van der Waals surface area contributed by atoms with Crippen LogP contribution >= 0.6 is 0 Å². The molecule has 1 saturated heterocycles. The summed E-state index contributed by atoms with van der Waals surface area (Å²) in [6, 6.07) is -0.434. The number of rotatable bonds is 5. The first kappa shape index (κ1) is 21.1. The quantitative estimate of drug-likeness (QED) is 0.489. The molecule has 0 saturated carbocycles. The second kappa shape index (κ2) is 8.16. The Labute approximate surface area is 177 Å². The van der Waals surface area contributed by atoms with Crippen molar-refractivity contribution in [3.8, 4) is 11.3 Å². The van der Waals surface area contributed by atoms with E-state index >= 15 is 4.39 Å². The topological polar surface area (TPSA) is 138 Å². The van der Waals surface area contributed by atoms with E-state index in [2.05, 4.69) is 35.6 Å². The summed E-state index contributed by atoms with van der Waals surface area (Å²) in [5.74, 6) is -0.199. The van der Waals surface area contributed by atoms with Crippen molar-refractivity contribution in [2.45, 2.75) is 45.3 Å². The first-order chi connectivity index (χ1) is 14.8. The highest BCUT2D eigenvalue weighted by Gasteiger charge is 2.29. The largest absolute Gasteiger partial charge is 0.382 e. The van der Waals surface area contributed by atoms with Crippen LogP contribution in [0.3, 0.4) is 0 Å². The van der Waals surface area contributed by atoms with Gasteiger partial charge >= 0.3 is 6.03 Å². The number of fused-ring (bicyclic) bond motifs is 1. The van der Waals surface area contributed by atoms with Gasteiger partial charge in [0.15, 0.2) is 17.3 Å². The number of aliphatic hydroxyl groups is 1. The van der Waals surface area contributed by atoms with Gasteiger partial charge in [0.25, 0.3) is 0 Å². The molecule has 11 heteroatoms. The molecule has 164 valence electrons. The lowest BCUT2D eigenvalue weighted by atomic mass is 10.0. The molecule has 1 aliphatic heterocycles. The fourth-order valence-electron chi connectivity index (χ4n) is 3.46. The van der Waals surface area contributed by atoms with E-state index in [9.17, 15) is 9.90 Å². The predicted molar refractivity (Wildman–Crippen MR) is 111 cm³/mol. The summed E-state index contributed by atoms with van der Waals surface area (Å²) in [4.78, 5) is 31.8. The Kier molecular flexibility index (Phi) is 5.54. The van der Waals surface area contributed by atoms with Crippen molar-refractivity contribution in [3.63, 3.8) is 0 Å². The fourth-order valence-corrected chi connectivity index (χ4v) is 3.46. The van der Waals surface area contributed by atoms with Gasteiger partial charge in [-0.05, 0) is 33.6 Å². The zero-order valence-electron chi connectivity index (χ0n) is 17.5. The van der Waals surface area contributed by atoms with E-state index < -0.39 is 23.6 Å². The Bertz CT molecular complexity index is 1100. The zero-order chi connectivity index (χ0) is 22.2. The van der Waals surface area contributed by atoms with Gasteiger partial charge < -0.3 is 20.1 Å². The van der Waals surface area contributed by atoms with Crippen molar-refractivity contribution >= 4 is 23.1 Å². The molecule has 0 aromatic carbocycles. The van der Waals surface area contributed by atoms with Crippen LogP contribution in [-0.2, 0) is 10.3 Å². The molecule has 1 atom stereocenters. The summed E-state index contributed by atoms with van der Waals surface area (Å²) in [6.07, 6.45) is 3.83. The minimum atomic E-state index is -1.22. The smallest absolute Gasteiger partial charge is 0.321 e. The van der Waals surface area contributed by atoms with Crippen LogP contribution < -0.4 is 10.6 Å². The average Bonchev–Trinajstić information content (AvgIpc) is 3.37. The maximum atomic E-state index is 15.7. The molecule has 3 aromatic heterocycles. The van der Waals surface area contributed by atoms with Gasteiger partial charge in [-0.25, -0.2) is 24.1 Å². The third kappa shape index (κ3) is 4.19. The highest BCUT2D eigenvalue weighted by molar-refractivity contribution is 5.90. The van der Waals surface area contributed by atoms with Crippen LogP contribution in [0.5, 0.6) is 0 Å². The summed E-state index contributed by atoms with van der Waals surface area (Å²) in [5.41, 5.74) is 0.0538. The van der Waals surface area contributed by atoms with Gasteiger partial charge in [0.1, 0.15) is 11.3 Å². The summed E-state index contributed by atoms with van der Waals surface area (Å²) < 4.78 is 21.4. The normalized spacial score (nSPS) is 16.6. The summed E-state index contributed by atoms with van der Waals surface area (Å²) in [6.45, 7) is 5.91. The summed E-state index contributed by atoms with van der Waals surface area (Å²) in [7, 11) is 0. The molecule has 4 heterocycles. The van der Waals surface area contributed by atoms with Gasteiger partial charge in [0.2, 0.25) is 5.95 Å². The maximum Gasteiger partial charge on any atom is 0.321 e. The van der Waals surface area contributed by atoms with Crippen molar-refractivity contribution < 1.29 is 19.0 Å². The first-order valence-corrected chi connectivity index (χ1v) is 10.1. The Balaban J connectivity index is 1.82. The summed E-state index contributed by atoms with van der Waals surface area (Å²) in [5, 5.41) is 15.3. The third-order valence-electron chi connectivity index (χ3n) is 4.91. The van der Waals surface area contributed by atoms with Crippen LogP contribution in [0.25, 0.3) is 22.4 Å². The number of pyridine rings is 1. The van der Waals surface area contributed by atoms with Crippen molar-refractivity contribution in [2.75, 3.05) is 18.5 Å². The Hall–Kier alpha value is -3.18. The number of halogens is 1. The Morgan fingerprint density at radius 2 is 2.10 bits per heavy atom. The van der Waals surface area contributed by atoms with Gasteiger partial charge in [-0.3, -0.25) is 5.32 Å². The molecule has 0 unspecified atom stereocenters. The van der Waals surface area contributed by atoms with Crippen molar-refractivity contribution in [1.82, 2.24) is 30.2 Å². The molecule has 0 aliphatic carbocycles. The molecule has 4 rings (SSSR count). The number of hydrogen-bond donors (Lipinski definition) is 4. The van der Waals surface area contributed by atoms with Gasteiger partial charge in [0, 0.05) is 36.7 Å². The molecule has 10 nitrogen and oxygen atoms in total. The highest BCUT2D eigenvalue weighted by Crippen LogP contribution is 2.37. The van der Waals surface area contributed by atoms with E-state index in [0.29, 0.717) is 36.2 Å². The van der Waals surface area contributed by atoms with E-state index in [0.717, 1.165) is 6.42 Å². The van der Waals surface area contributed by atoms with Crippen LogP contribution in [-0.4, -0.2) is 49.2 Å².